The number of alkyl halides is 3. The fraction of sp³-hybridized carbons (Fsp3) is 0.407. The van der Waals surface area contributed by atoms with Gasteiger partial charge in [0.15, 0.2) is 0 Å². The average Bonchev–Trinajstić information content (AvgIpc) is 2.84. The number of amides is 1. The van der Waals surface area contributed by atoms with E-state index >= 15 is 0 Å². The predicted molar refractivity (Wildman–Crippen MR) is 130 cm³/mol. The maximum atomic E-state index is 13.4. The number of nitrogens with one attached hydrogen (secondary N) is 1. The van der Waals surface area contributed by atoms with Crippen LogP contribution in [-0.2, 0) is 4.79 Å². The number of hydrogen-bond acceptors (Lipinski definition) is 4. The molecule has 0 bridgehead atoms. The molecular weight excluding hydrogens is 455 g/mol. The van der Waals surface area contributed by atoms with Gasteiger partial charge in [0, 0.05) is 18.2 Å². The average molecular weight is 486 g/mol. The quantitative estimate of drug-likeness (QED) is 0.532. The molecule has 1 aromatic carbocycles. The molecule has 2 heterocycles. The normalized spacial score (nSPS) is 23.0. The number of hydrogen-bond donors (Lipinski definition) is 1. The van der Waals surface area contributed by atoms with Crippen molar-refractivity contribution >= 4 is 17.2 Å². The number of nitrogens with zero attached hydrogens (tertiary/aromatic N) is 2. The van der Waals surface area contributed by atoms with E-state index in [9.17, 15) is 18.0 Å². The van der Waals surface area contributed by atoms with E-state index < -0.39 is 11.8 Å². The smallest absolute Gasteiger partial charge is 0.406 e. The molecule has 35 heavy (non-hydrogen) atoms. The zero-order chi connectivity index (χ0) is 25.1. The van der Waals surface area contributed by atoms with Crippen LogP contribution in [0, 0.1) is 5.41 Å². The molecule has 1 aromatic heterocycles. The van der Waals surface area contributed by atoms with Gasteiger partial charge >= 0.3 is 6.36 Å². The number of benzene rings is 1. The highest BCUT2D eigenvalue weighted by Gasteiger charge is 2.38. The molecule has 2 atom stereocenters. The molecular formula is C27H30F3N3O2. The van der Waals surface area contributed by atoms with E-state index in [1.165, 1.54) is 24.3 Å². The number of halogens is 3. The molecule has 1 aliphatic heterocycles. The van der Waals surface area contributed by atoms with E-state index in [0.717, 1.165) is 43.7 Å². The monoisotopic (exact) mass is 485 g/mol. The Kier molecular flexibility index (Phi) is 7.31. The van der Waals surface area contributed by atoms with Crippen molar-refractivity contribution in [2.45, 2.75) is 45.4 Å². The van der Waals surface area contributed by atoms with Crippen LogP contribution < -0.4 is 10.1 Å². The minimum Gasteiger partial charge on any atom is -0.406 e. The first-order chi connectivity index (χ1) is 16.7. The minimum absolute atomic E-state index is 0.201. The van der Waals surface area contributed by atoms with Crippen LogP contribution in [0.3, 0.4) is 0 Å². The number of allylic oxidation sites excluding steroid dienone is 3. The molecule has 186 valence electrons. The number of likely N-dealkylation sites (N-methyl/N-ethyl adjacent to an activating group) is 1. The summed E-state index contributed by atoms with van der Waals surface area (Å²) in [4.78, 5) is 20.5. The number of anilines is 1. The van der Waals surface area contributed by atoms with Crippen LogP contribution in [0.15, 0.2) is 60.8 Å². The summed E-state index contributed by atoms with van der Waals surface area (Å²) < 4.78 is 41.4. The SMILES string of the molecule is CCN1CCCC(c2ccc(NC(=O)C3(C)CC=CC=C3c3ccc(OC(F)(F)F)cc3)cn2)C1. The molecule has 1 fully saturated rings. The summed E-state index contributed by atoms with van der Waals surface area (Å²) in [5.74, 6) is -0.105. The minimum atomic E-state index is -4.75. The van der Waals surface area contributed by atoms with Crippen molar-refractivity contribution in [3.8, 4) is 5.75 Å². The number of likely N-dealkylation sites (tertiary alicyclic amines) is 1. The van der Waals surface area contributed by atoms with Crippen LogP contribution in [0.1, 0.15) is 50.3 Å². The van der Waals surface area contributed by atoms with Crippen LogP contribution >= 0.6 is 0 Å². The number of carbonyl (C=O) groups excluding carboxylic acids is 1. The molecule has 0 saturated carbocycles. The zero-order valence-electron chi connectivity index (χ0n) is 19.9. The lowest BCUT2D eigenvalue weighted by atomic mass is 9.73. The number of aromatic nitrogens is 1. The number of ether oxygens (including phenoxy) is 1. The number of piperidine rings is 1. The second-order valence-electron chi connectivity index (χ2n) is 9.28. The highest BCUT2D eigenvalue weighted by molar-refractivity contribution is 6.04. The molecule has 2 aromatic rings. The van der Waals surface area contributed by atoms with Gasteiger partial charge in [-0.1, -0.05) is 37.3 Å². The highest BCUT2D eigenvalue weighted by Crippen LogP contribution is 2.42. The third-order valence-electron chi connectivity index (χ3n) is 6.83. The van der Waals surface area contributed by atoms with E-state index in [4.69, 9.17) is 0 Å². The summed E-state index contributed by atoms with van der Waals surface area (Å²) in [6.07, 6.45) is 5.27. The van der Waals surface area contributed by atoms with Crippen LogP contribution in [0.5, 0.6) is 5.75 Å². The number of rotatable bonds is 6. The van der Waals surface area contributed by atoms with Crippen molar-refractivity contribution in [1.82, 2.24) is 9.88 Å². The Morgan fingerprint density at radius 2 is 2.00 bits per heavy atom. The third-order valence-corrected chi connectivity index (χ3v) is 6.83. The van der Waals surface area contributed by atoms with Crippen LogP contribution in [-0.4, -0.2) is 41.8 Å². The lowest BCUT2D eigenvalue weighted by molar-refractivity contribution is -0.274. The first kappa shape index (κ1) is 25.0. The molecule has 1 amide bonds. The summed E-state index contributed by atoms with van der Waals surface area (Å²) in [7, 11) is 0. The number of pyridine rings is 1. The van der Waals surface area contributed by atoms with Crippen molar-refractivity contribution < 1.29 is 22.7 Å². The molecule has 0 spiro atoms. The second kappa shape index (κ2) is 10.2. The summed E-state index contributed by atoms with van der Waals surface area (Å²) in [6.45, 7) is 7.16. The first-order valence-corrected chi connectivity index (χ1v) is 11.9. The summed E-state index contributed by atoms with van der Waals surface area (Å²) in [5.41, 5.74) is 2.14. The standard InChI is InChI=1S/C27H30F3N3O2/c1-3-33-16-6-7-20(18-33)24-14-11-21(17-31-24)32-25(34)26(2)15-5-4-8-23(26)19-9-12-22(13-10-19)35-27(28,29)30/h4-5,8-14,17,20H,3,6-7,15-16,18H2,1-2H3,(H,32,34). The topological polar surface area (TPSA) is 54.5 Å². The van der Waals surface area contributed by atoms with Gasteiger partial charge in [-0.15, -0.1) is 13.2 Å². The fourth-order valence-corrected chi connectivity index (χ4v) is 4.80. The molecule has 1 saturated heterocycles. The molecule has 1 N–H and O–H groups in total. The van der Waals surface area contributed by atoms with Crippen molar-refractivity contribution in [2.75, 3.05) is 25.0 Å². The Balaban J connectivity index is 1.47. The van der Waals surface area contributed by atoms with E-state index in [0.29, 0.717) is 23.6 Å². The maximum Gasteiger partial charge on any atom is 0.573 e. The zero-order valence-corrected chi connectivity index (χ0v) is 19.9. The van der Waals surface area contributed by atoms with Crippen LogP contribution in [0.2, 0.25) is 0 Å². The fourth-order valence-electron chi connectivity index (χ4n) is 4.80. The predicted octanol–water partition coefficient (Wildman–Crippen LogP) is 6.17. The van der Waals surface area contributed by atoms with Crippen LogP contribution in [0.4, 0.5) is 18.9 Å². The van der Waals surface area contributed by atoms with Gasteiger partial charge in [0.05, 0.1) is 17.3 Å². The Hall–Kier alpha value is -3.13. The maximum absolute atomic E-state index is 13.4. The van der Waals surface area contributed by atoms with Gasteiger partial charge in [-0.25, -0.2) is 0 Å². The summed E-state index contributed by atoms with van der Waals surface area (Å²) in [5, 5.41) is 2.98. The van der Waals surface area contributed by atoms with E-state index in [1.807, 2.05) is 37.3 Å². The van der Waals surface area contributed by atoms with Gasteiger partial charge in [-0.3, -0.25) is 9.78 Å². The second-order valence-corrected chi connectivity index (χ2v) is 9.28. The van der Waals surface area contributed by atoms with Gasteiger partial charge in [-0.2, -0.15) is 0 Å². The van der Waals surface area contributed by atoms with Gasteiger partial charge in [0.2, 0.25) is 5.91 Å². The molecule has 2 aliphatic rings. The van der Waals surface area contributed by atoms with Crippen LogP contribution in [0.25, 0.3) is 5.57 Å². The Morgan fingerprint density at radius 3 is 2.66 bits per heavy atom. The summed E-state index contributed by atoms with van der Waals surface area (Å²) >= 11 is 0. The lowest BCUT2D eigenvalue weighted by Gasteiger charge is -2.33. The third kappa shape index (κ3) is 5.93. The van der Waals surface area contributed by atoms with Crippen molar-refractivity contribution in [1.29, 1.82) is 0 Å². The molecule has 8 heteroatoms. The largest absolute Gasteiger partial charge is 0.573 e. The van der Waals surface area contributed by atoms with Crippen molar-refractivity contribution in [3.63, 3.8) is 0 Å². The van der Waals surface area contributed by atoms with Gasteiger partial charge in [0.1, 0.15) is 5.75 Å². The van der Waals surface area contributed by atoms with E-state index in [1.54, 1.807) is 6.20 Å². The van der Waals surface area contributed by atoms with Gasteiger partial charge in [0.25, 0.3) is 0 Å². The Labute approximate surface area is 203 Å². The van der Waals surface area contributed by atoms with E-state index in [-0.39, 0.29) is 11.7 Å². The molecule has 4 rings (SSSR count). The molecule has 2 unspecified atom stereocenters. The lowest BCUT2D eigenvalue weighted by Crippen LogP contribution is -2.35. The Bertz CT molecular complexity index is 1090. The number of carbonyl (C=O) groups is 1. The highest BCUT2D eigenvalue weighted by atomic mass is 19.4. The summed E-state index contributed by atoms with van der Waals surface area (Å²) in [6, 6.07) is 9.47. The first-order valence-electron chi connectivity index (χ1n) is 11.9. The molecule has 1 aliphatic carbocycles. The van der Waals surface area contributed by atoms with Crippen molar-refractivity contribution in [3.05, 3.63) is 72.1 Å². The molecule has 0 radical (unpaired) electrons. The molecule has 5 nitrogen and oxygen atoms in total. The van der Waals surface area contributed by atoms with Crippen molar-refractivity contribution in [2.24, 2.45) is 5.41 Å². The van der Waals surface area contributed by atoms with Gasteiger partial charge in [-0.05, 0) is 74.7 Å². The van der Waals surface area contributed by atoms with E-state index in [2.05, 4.69) is 26.9 Å². The Morgan fingerprint density at radius 1 is 1.23 bits per heavy atom. The van der Waals surface area contributed by atoms with Gasteiger partial charge < -0.3 is 15.0 Å².